The van der Waals surface area contributed by atoms with Gasteiger partial charge < -0.3 is 0 Å². The summed E-state index contributed by atoms with van der Waals surface area (Å²) in [5, 5.41) is 1.95. The second kappa shape index (κ2) is 14.5. The second-order valence-electron chi connectivity index (χ2n) is 20.3. The molecule has 1 saturated carbocycles. The predicted molar refractivity (Wildman–Crippen MR) is 234 cm³/mol. The van der Waals surface area contributed by atoms with Gasteiger partial charge in [-0.15, -0.1) is 0 Å². The molecule has 4 aliphatic rings. The zero-order chi connectivity index (χ0) is 38.5. The molecule has 5 nitrogen and oxygen atoms in total. The number of allylic oxidation sites excluding steroid dienone is 2. The topological polar surface area (TPSA) is 16.2 Å². The van der Waals surface area contributed by atoms with E-state index in [-0.39, 0.29) is 11.1 Å². The first kappa shape index (κ1) is 42.2. The maximum atomic E-state index is 3.31. The fourth-order valence-corrected chi connectivity index (χ4v) is 41.5. The van der Waals surface area contributed by atoms with Gasteiger partial charge in [0, 0.05) is 0 Å². The van der Waals surface area contributed by atoms with Gasteiger partial charge in [-0.1, -0.05) is 0 Å². The Morgan fingerprint density at radius 1 is 0.706 bits per heavy atom. The quantitative estimate of drug-likeness (QED) is 0.172. The van der Waals surface area contributed by atoms with E-state index in [4.69, 9.17) is 0 Å². The van der Waals surface area contributed by atoms with Gasteiger partial charge in [0.15, 0.2) is 0 Å². The number of rotatable bonds is 10. The molecule has 2 atom stereocenters. The zero-order valence-corrected chi connectivity index (χ0v) is 41.5. The van der Waals surface area contributed by atoms with E-state index in [0.29, 0.717) is 47.8 Å². The van der Waals surface area contributed by atoms with Crippen molar-refractivity contribution in [3.63, 3.8) is 0 Å². The molecule has 1 spiro atoms. The summed E-state index contributed by atoms with van der Waals surface area (Å²) in [6.45, 7) is 50.7. The summed E-state index contributed by atoms with van der Waals surface area (Å²) in [6, 6.07) is 9.19. The third-order valence-electron chi connectivity index (χ3n) is 11.7. The molecule has 0 aromatic heterocycles. The number of para-hydroxylation sites is 1. The van der Waals surface area contributed by atoms with Crippen LogP contribution >= 0.6 is 15.4 Å². The summed E-state index contributed by atoms with van der Waals surface area (Å²) in [5.41, 5.74) is 6.74. The van der Waals surface area contributed by atoms with Gasteiger partial charge >= 0.3 is 327 Å². The molecule has 0 N–H and O–H groups in total. The molecule has 0 unspecified atom stereocenters. The molecular weight excluding hydrogens is 737 g/mol. The van der Waals surface area contributed by atoms with Crippen LogP contribution in [0.4, 0.5) is 5.69 Å². The standard InChI is InChI=1S/C42H77GeN5P2Si/c1-27(2)35-22-21-23-36(28(3)4)38(35)44-37-33-24-25-34(26-33)39(37)50(47(41(13,14)15)51(19,20)48(50)42(16,17)18)40(43-44)49(45(29(5)6)30(7)8)46(31(9)10)32(11)12/h21-23,27-34H,24-26H2,1-20H3/t33-,34+/m0/s1. The van der Waals surface area contributed by atoms with Crippen molar-refractivity contribution in [3.05, 3.63) is 40.3 Å². The van der Waals surface area contributed by atoms with E-state index < -0.39 is 39.5 Å². The fraction of sp³-hybridized carbons (Fsp3) is 0.786. The van der Waals surface area contributed by atoms with Crippen molar-refractivity contribution < 1.29 is 0 Å². The van der Waals surface area contributed by atoms with E-state index in [2.05, 4.69) is 178 Å². The van der Waals surface area contributed by atoms with Crippen LogP contribution in [-0.4, -0.2) is 81.2 Å². The predicted octanol–water partition coefficient (Wildman–Crippen LogP) is 12.4. The van der Waals surface area contributed by atoms with Crippen LogP contribution in [-0.2, 0) is 0 Å². The number of fused-ring (bicyclic) bond motifs is 5. The summed E-state index contributed by atoms with van der Waals surface area (Å²) in [7, 11) is -4.84. The Labute approximate surface area is 325 Å². The van der Waals surface area contributed by atoms with Crippen LogP contribution in [0.5, 0.6) is 0 Å². The van der Waals surface area contributed by atoms with Gasteiger partial charge in [-0.05, 0) is 0 Å². The van der Waals surface area contributed by atoms with Crippen LogP contribution < -0.4 is 3.86 Å². The monoisotopic (exact) mass is 815 g/mol. The number of hydrogen-bond acceptors (Lipinski definition) is 5. The minimum atomic E-state index is -2.08. The average molecular weight is 815 g/mol. The van der Waals surface area contributed by atoms with E-state index in [1.807, 2.05) is 14.9 Å². The third kappa shape index (κ3) is 6.74. The van der Waals surface area contributed by atoms with E-state index in [1.165, 1.54) is 19.3 Å². The first-order valence-corrected chi connectivity index (χ1v) is 28.4. The van der Waals surface area contributed by atoms with Crippen LogP contribution in [0.3, 0.4) is 0 Å². The molecule has 5 rings (SSSR count). The van der Waals surface area contributed by atoms with Gasteiger partial charge in [-0.2, -0.15) is 0 Å². The van der Waals surface area contributed by atoms with Gasteiger partial charge in [-0.3, -0.25) is 0 Å². The third-order valence-corrected chi connectivity index (χ3v) is 34.6. The molecular formula is C42H77GeN5P2Si. The Hall–Kier alpha value is 0.0897. The summed E-state index contributed by atoms with van der Waals surface area (Å²) in [6.07, 6.45) is 4.12. The first-order valence-electron chi connectivity index (χ1n) is 20.5. The number of anilines is 1. The van der Waals surface area contributed by atoms with Gasteiger partial charge in [-0.25, -0.2) is 0 Å². The van der Waals surface area contributed by atoms with Crippen molar-refractivity contribution in [2.75, 3.05) is 3.86 Å². The molecule has 1 aromatic rings. The molecule has 9 heteroatoms. The Kier molecular flexibility index (Phi) is 12.0. The zero-order valence-electron chi connectivity index (χ0n) is 36.6. The van der Waals surface area contributed by atoms with Gasteiger partial charge in [0.2, 0.25) is 0 Å². The first-order chi connectivity index (χ1) is 23.3. The SMILES string of the molecule is CC(C)c1cccc(C(C)C)c1[N]1[Ge][C](P(N(C(C)C)C(C)C)N(C(C)C)C(C)C)=P2(C3=C1[C@H]1CC[C@@H]3C1)N(C(C)(C)C)[Si](C)(C)N2C(C)(C)C. The molecule has 2 heterocycles. The molecule has 0 amide bonds. The average Bonchev–Trinajstić information content (AvgIpc) is 3.56. The fourth-order valence-electron chi connectivity index (χ4n) is 11.2. The molecule has 2 bridgehead atoms. The van der Waals surface area contributed by atoms with Gasteiger partial charge in [0.1, 0.15) is 0 Å². The van der Waals surface area contributed by atoms with E-state index in [9.17, 15) is 0 Å². The summed E-state index contributed by atoms with van der Waals surface area (Å²) in [5.74, 6) is 2.37. The molecule has 1 saturated heterocycles. The van der Waals surface area contributed by atoms with Crippen LogP contribution in [0.25, 0.3) is 0 Å². The second-order valence-corrected chi connectivity index (χ2v) is 34.4. The summed E-state index contributed by atoms with van der Waals surface area (Å²) >= 11 is -0.766. The molecule has 1 aromatic carbocycles. The van der Waals surface area contributed by atoms with E-state index >= 15 is 0 Å². The summed E-state index contributed by atoms with van der Waals surface area (Å²) < 4.78 is 17.8. The molecule has 51 heavy (non-hydrogen) atoms. The Morgan fingerprint density at radius 2 is 1.12 bits per heavy atom. The van der Waals surface area contributed by atoms with Gasteiger partial charge in [0.05, 0.1) is 0 Å². The van der Waals surface area contributed by atoms with Crippen molar-refractivity contribution >= 4 is 49.0 Å². The van der Waals surface area contributed by atoms with Crippen molar-refractivity contribution in [1.29, 1.82) is 0 Å². The number of hydrogen-bond donors (Lipinski definition) is 0. The Balaban J connectivity index is 2.08. The van der Waals surface area contributed by atoms with E-state index in [0.717, 1.165) is 0 Å². The molecule has 288 valence electrons. The number of nitrogens with zero attached hydrogens (tertiary/aromatic N) is 5. The normalized spacial score (nSPS) is 24.2. The Bertz CT molecular complexity index is 1460. The van der Waals surface area contributed by atoms with Crippen LogP contribution in [0.2, 0.25) is 13.1 Å². The van der Waals surface area contributed by atoms with Crippen molar-refractivity contribution in [1.82, 2.24) is 18.0 Å². The number of benzene rings is 1. The van der Waals surface area contributed by atoms with Crippen molar-refractivity contribution in [2.24, 2.45) is 11.8 Å². The van der Waals surface area contributed by atoms with Crippen molar-refractivity contribution in [3.8, 4) is 0 Å². The van der Waals surface area contributed by atoms with Crippen LogP contribution in [0.15, 0.2) is 29.2 Å². The maximum absolute atomic E-state index is 3.31. The molecule has 2 fully saturated rings. The van der Waals surface area contributed by atoms with Crippen LogP contribution in [0.1, 0.15) is 167 Å². The molecule has 2 radical (unpaired) electrons. The molecule has 2 aliphatic carbocycles. The van der Waals surface area contributed by atoms with Crippen LogP contribution in [0, 0.1) is 11.8 Å². The van der Waals surface area contributed by atoms with Crippen molar-refractivity contribution in [2.45, 2.75) is 204 Å². The minimum absolute atomic E-state index is 0.0890. The Morgan fingerprint density at radius 3 is 1.49 bits per heavy atom. The molecule has 2 aliphatic heterocycles. The van der Waals surface area contributed by atoms with Gasteiger partial charge in [0.25, 0.3) is 0 Å². The summed E-state index contributed by atoms with van der Waals surface area (Å²) in [4.78, 5) is 0. The van der Waals surface area contributed by atoms with E-state index in [1.54, 1.807) is 16.8 Å².